The minimum atomic E-state index is -2.31. The Hall–Kier alpha value is -5.54. The third kappa shape index (κ3) is 18.4. The maximum absolute atomic E-state index is 13.8. The fourth-order valence-electron chi connectivity index (χ4n) is 6.46. The number of nitrogens with zero attached hydrogens (tertiary/aromatic N) is 6. The Morgan fingerprint density at radius 3 is 1.62 bits per heavy atom. The van der Waals surface area contributed by atoms with Crippen LogP contribution in [0.5, 0.6) is 0 Å². The molecule has 0 spiro atoms. The molecule has 9 amide bonds. The Morgan fingerprint density at radius 1 is 0.754 bits per heavy atom. The number of hydrogen-bond donors (Lipinski definition) is 14. The molecule has 16 N–H and O–H groups in total. The molecule has 6 unspecified atom stereocenters. The van der Waals surface area contributed by atoms with Gasteiger partial charge >= 0.3 is 34.8 Å². The second kappa shape index (κ2) is 28.8. The van der Waals surface area contributed by atoms with Gasteiger partial charge in [0.25, 0.3) is 0 Å². The second-order valence-corrected chi connectivity index (χ2v) is 16.8. The van der Waals surface area contributed by atoms with Crippen LogP contribution >= 0.6 is 11.8 Å². The van der Waals surface area contributed by atoms with E-state index in [0.29, 0.717) is 27.0 Å². The third-order valence-corrected chi connectivity index (χ3v) is 12.0. The van der Waals surface area contributed by atoms with E-state index in [1.165, 1.54) is 13.1 Å². The largest absolute Gasteiger partial charge is 3.00 e. The molecule has 0 saturated carbocycles. The number of aromatic nitrogens is 2. The zero-order valence-electron chi connectivity index (χ0n) is 37.8. The molecule has 1 saturated heterocycles. The number of nitrogens with two attached hydrogens (primary N) is 2. The molecule has 1 aromatic rings. The summed E-state index contributed by atoms with van der Waals surface area (Å²) in [5.41, 5.74) is 9.99. The van der Waals surface area contributed by atoms with E-state index < -0.39 is 131 Å². The Bertz CT molecular complexity index is 2130. The van der Waals surface area contributed by atoms with Crippen molar-refractivity contribution in [2.45, 2.75) is 118 Å². The Morgan fingerprint density at radius 2 is 1.19 bits per heavy atom. The zero-order chi connectivity index (χ0) is 51.7. The predicted octanol–water partition coefficient (Wildman–Crippen LogP) is -6.74. The summed E-state index contributed by atoms with van der Waals surface area (Å²) < 4.78 is 1.78. The molecular weight excluding hydrogens is 988 g/mol. The molecule has 1 aliphatic rings. The number of hydrogen-bond acceptors (Lipinski definition) is 19. The van der Waals surface area contributed by atoms with Crippen LogP contribution in [-0.2, 0) is 62.5 Å². The van der Waals surface area contributed by atoms with Crippen LogP contribution in [0.15, 0.2) is 22.1 Å². The minimum absolute atomic E-state index is 0. The molecule has 387 valence electrons. The van der Waals surface area contributed by atoms with Gasteiger partial charge in [0.15, 0.2) is 6.04 Å². The summed E-state index contributed by atoms with van der Waals surface area (Å²) in [7, 11) is 1.21. The van der Waals surface area contributed by atoms with E-state index in [-0.39, 0.29) is 74.3 Å². The zero-order valence-corrected chi connectivity index (χ0v) is 39.7. The summed E-state index contributed by atoms with van der Waals surface area (Å²) in [5, 5.41) is 89.5. The average Bonchev–Trinajstić information content (AvgIpc) is 3.56. The SMILES string of the molecule is CC(=O)N(O)CCCC(N)C(=O)NC(CCCN(O)C(C)=O)C(=O)NC(CCCN(O)C(C)=O)C(=O)NC(CO)C(=O)NC(C(=O)O)C(O)[C@H]1S[C@@H](n2cc/c(=N\C(N)=O)n(C)c2=O)[C@H](O)[C@@H]1O.[Fe+3]. The number of carboxylic acids is 1. The quantitative estimate of drug-likeness (QED) is 0.0246. The Balaban J connectivity index is 0.0000238. The summed E-state index contributed by atoms with van der Waals surface area (Å²) in [5.74, 6) is -8.71. The summed E-state index contributed by atoms with van der Waals surface area (Å²) >= 11 is 0.545. The molecule has 2 heterocycles. The van der Waals surface area contributed by atoms with E-state index in [1.54, 1.807) is 0 Å². The number of rotatable bonds is 25. The molecule has 10 atom stereocenters. The number of hydroxylamine groups is 6. The first-order chi connectivity index (χ1) is 31.7. The van der Waals surface area contributed by atoms with Gasteiger partial charge in [-0.15, -0.1) is 11.8 Å². The molecule has 32 heteroatoms. The monoisotopic (exact) mass is 1050 g/mol. The van der Waals surface area contributed by atoms with Gasteiger partial charge in [0.2, 0.25) is 41.4 Å². The Labute approximate surface area is 407 Å². The van der Waals surface area contributed by atoms with E-state index in [2.05, 4.69) is 20.9 Å². The maximum Gasteiger partial charge on any atom is 3.00 e. The molecule has 30 nitrogen and oxygen atoms in total. The second-order valence-electron chi connectivity index (χ2n) is 15.5. The molecule has 1 radical (unpaired) electrons. The van der Waals surface area contributed by atoms with Gasteiger partial charge in [-0.05, 0) is 44.6 Å². The number of carboxylic acid groups (broad SMARTS) is 1. The molecule has 69 heavy (non-hydrogen) atoms. The average molecular weight is 1050 g/mol. The molecule has 0 aromatic carbocycles. The molecule has 1 aliphatic heterocycles. The fourth-order valence-corrected chi connectivity index (χ4v) is 8.03. The standard InChI is InChI=1S/C37H60N12O18S.Fe/c1-17(51)47(65)12-5-8-20(38)30(57)40-21(9-6-13-48(66)18(2)52)31(58)41-22(10-7-14-49(67)19(3)53)32(59)42-23(16-50)33(60)44-25(35(61)62)26(54)29-27(55)28(56)34(68-29)46-15-11-24(43-36(39)63)45(4)37(46)64;/h11,15,20-23,25-29,34,50,54-56,65-67H,5-10,12-14,16,38H2,1-4H3,(H2,39,63)(H,40,57)(H,41,58)(H,42,59)(H,44,60)(H,61,62);/q;+3/b43-24+;/t20?,21?,22?,23?,25?,26?,27-,28+,29+,34+;/m0./s1. The van der Waals surface area contributed by atoms with Crippen LogP contribution in [-0.4, -0.2) is 199 Å². The molecule has 2 rings (SSSR count). The topological polar surface area (TPSA) is 465 Å². The number of nitrogens with one attached hydrogen (secondary N) is 4. The van der Waals surface area contributed by atoms with Crippen LogP contribution in [0.2, 0.25) is 0 Å². The maximum atomic E-state index is 13.8. The van der Waals surface area contributed by atoms with E-state index >= 15 is 0 Å². The summed E-state index contributed by atoms with van der Waals surface area (Å²) in [6.07, 6.45) is -5.91. The van der Waals surface area contributed by atoms with Crippen molar-refractivity contribution in [3.8, 4) is 0 Å². The predicted molar refractivity (Wildman–Crippen MR) is 229 cm³/mol. The molecular formula is C37H60FeN12O18S+3. The first-order valence-electron chi connectivity index (χ1n) is 20.8. The van der Waals surface area contributed by atoms with Crippen molar-refractivity contribution in [2.24, 2.45) is 23.5 Å². The molecule has 0 aliphatic carbocycles. The summed E-state index contributed by atoms with van der Waals surface area (Å²) in [6.45, 7) is 1.07. The van der Waals surface area contributed by atoms with Crippen molar-refractivity contribution >= 4 is 65.1 Å². The van der Waals surface area contributed by atoms with Crippen molar-refractivity contribution in [1.82, 2.24) is 45.6 Å². The van der Waals surface area contributed by atoms with Crippen LogP contribution in [0.1, 0.15) is 64.7 Å². The first kappa shape index (κ1) is 61.5. The van der Waals surface area contributed by atoms with Crippen LogP contribution in [0.25, 0.3) is 0 Å². The molecule has 1 aromatic heterocycles. The van der Waals surface area contributed by atoms with Crippen molar-refractivity contribution in [3.05, 3.63) is 28.2 Å². The van der Waals surface area contributed by atoms with E-state index in [9.17, 15) is 89.1 Å². The van der Waals surface area contributed by atoms with Crippen molar-refractivity contribution in [3.63, 3.8) is 0 Å². The summed E-state index contributed by atoms with van der Waals surface area (Å²) in [4.78, 5) is 129. The first-order valence-corrected chi connectivity index (χ1v) is 21.7. The van der Waals surface area contributed by atoms with Gasteiger partial charge in [0.1, 0.15) is 35.1 Å². The van der Waals surface area contributed by atoms with Crippen LogP contribution < -0.4 is 43.9 Å². The number of thioether (sulfide) groups is 1. The molecule has 1 fully saturated rings. The molecule has 0 bridgehead atoms. The fraction of sp³-hybridized carbons (Fsp3) is 0.649. The van der Waals surface area contributed by atoms with Gasteiger partial charge in [-0.2, -0.15) is 4.99 Å². The number of carbonyl (C=O) groups excluding carboxylic acids is 8. The van der Waals surface area contributed by atoms with Crippen molar-refractivity contribution in [2.75, 3.05) is 26.2 Å². The van der Waals surface area contributed by atoms with E-state index in [4.69, 9.17) is 11.5 Å². The van der Waals surface area contributed by atoms with Gasteiger partial charge in [0.05, 0.1) is 30.1 Å². The van der Waals surface area contributed by atoms with Crippen LogP contribution in [0, 0.1) is 0 Å². The number of aliphatic hydroxyl groups excluding tert-OH is 4. The Kier molecular flexibility index (Phi) is 25.7. The van der Waals surface area contributed by atoms with E-state index in [1.807, 2.05) is 5.32 Å². The number of aliphatic carboxylic acids is 1. The number of urea groups is 1. The van der Waals surface area contributed by atoms with E-state index in [0.717, 1.165) is 36.1 Å². The van der Waals surface area contributed by atoms with Gasteiger partial charge in [-0.3, -0.25) is 58.3 Å². The number of aliphatic hydroxyl groups is 4. The van der Waals surface area contributed by atoms with Crippen LogP contribution in [0.4, 0.5) is 4.79 Å². The van der Waals surface area contributed by atoms with Gasteiger partial charge < -0.3 is 58.3 Å². The van der Waals surface area contributed by atoms with Gasteiger partial charge in [0, 0.05) is 53.6 Å². The normalized spacial score (nSPS) is 19.3. The number of carbonyl (C=O) groups is 9. The smallest absolute Gasteiger partial charge is 0.480 e. The number of amides is 9. The van der Waals surface area contributed by atoms with Crippen LogP contribution in [0.3, 0.4) is 0 Å². The minimum Gasteiger partial charge on any atom is -0.480 e. The summed E-state index contributed by atoms with van der Waals surface area (Å²) in [6, 6.07) is -8.79. The van der Waals surface area contributed by atoms with Gasteiger partial charge in [-0.1, -0.05) is 0 Å². The third-order valence-electron chi connectivity index (χ3n) is 10.4. The van der Waals surface area contributed by atoms with Gasteiger partial charge in [-0.25, -0.2) is 29.6 Å². The number of primary amides is 1. The van der Waals surface area contributed by atoms with Crippen molar-refractivity contribution < 1.29 is 101 Å². The van der Waals surface area contributed by atoms with Crippen molar-refractivity contribution in [1.29, 1.82) is 0 Å².